The Morgan fingerprint density at radius 3 is 2.12 bits per heavy atom. The van der Waals surface area contributed by atoms with E-state index in [-0.39, 0.29) is 25.0 Å². The van der Waals surface area contributed by atoms with Gasteiger partial charge in [-0.3, -0.25) is 14.8 Å². The van der Waals surface area contributed by atoms with Crippen molar-refractivity contribution in [2.75, 3.05) is 52.5 Å². The van der Waals surface area contributed by atoms with E-state index >= 15 is 0 Å². The fourth-order valence-electron chi connectivity index (χ4n) is 5.40. The van der Waals surface area contributed by atoms with Gasteiger partial charge in [0.25, 0.3) is 0 Å². The van der Waals surface area contributed by atoms with Gasteiger partial charge in [-0.25, -0.2) is 9.78 Å². The Hall–Kier alpha value is -3.08. The van der Waals surface area contributed by atoms with Gasteiger partial charge in [-0.05, 0) is 49.2 Å². The number of piperazine rings is 1. The maximum absolute atomic E-state index is 14.5. The number of ether oxygens (including phenoxy) is 2. The fraction of sp³-hybridized carbons (Fsp3) is 0.387. The quantitative estimate of drug-likeness (QED) is 0.312. The van der Waals surface area contributed by atoms with Crippen molar-refractivity contribution in [2.45, 2.75) is 25.9 Å². The van der Waals surface area contributed by atoms with Gasteiger partial charge in [0.2, 0.25) is 5.88 Å². The van der Waals surface area contributed by atoms with Crippen LogP contribution >= 0.6 is 35.6 Å². The van der Waals surface area contributed by atoms with Crippen molar-refractivity contribution >= 4 is 47.5 Å². The van der Waals surface area contributed by atoms with Gasteiger partial charge in [-0.1, -0.05) is 47.5 Å². The van der Waals surface area contributed by atoms with Crippen LogP contribution in [-0.4, -0.2) is 89.2 Å². The maximum atomic E-state index is 14.5. The Kier molecular flexibility index (Phi) is 11.5. The number of hydrogen-bond donors (Lipinski definition) is 1. The van der Waals surface area contributed by atoms with E-state index in [1.807, 2.05) is 67.3 Å². The molecule has 9 nitrogen and oxygen atoms in total. The van der Waals surface area contributed by atoms with Crippen LogP contribution in [0.25, 0.3) is 0 Å². The van der Waals surface area contributed by atoms with Gasteiger partial charge >= 0.3 is 6.03 Å². The summed E-state index contributed by atoms with van der Waals surface area (Å²) < 4.78 is 11.7. The highest BCUT2D eigenvalue weighted by molar-refractivity contribution is 6.30. The summed E-state index contributed by atoms with van der Waals surface area (Å²) in [6.45, 7) is 7.75. The number of amides is 2. The topological polar surface area (TPSA) is 90.7 Å². The first-order chi connectivity index (χ1) is 20.4. The molecular formula is C31H36Cl3N5O4. The zero-order valence-corrected chi connectivity index (χ0v) is 26.5. The third-order valence-electron chi connectivity index (χ3n) is 7.43. The molecule has 0 aliphatic carbocycles. The molecule has 1 N–H and O–H groups in total. The predicted molar refractivity (Wildman–Crippen MR) is 171 cm³/mol. The second kappa shape index (κ2) is 15.1. The summed E-state index contributed by atoms with van der Waals surface area (Å²) in [5.41, 5.74) is 2.40. The summed E-state index contributed by atoms with van der Waals surface area (Å²) in [6.07, 6.45) is 1.66. The molecule has 2 aromatic carbocycles. The molecule has 3 heterocycles. The number of amidine groups is 1. The van der Waals surface area contributed by atoms with Crippen LogP contribution in [0.5, 0.6) is 11.6 Å². The van der Waals surface area contributed by atoms with E-state index in [1.165, 1.54) is 0 Å². The lowest BCUT2D eigenvalue weighted by molar-refractivity contribution is 0.108. The SMILES string of the molecule is CCOc1cc(OCC)c(C2=N[C@H](c3ccc(Cl)cc3)[C@H](c3ccc(Cl)cc3)N2C(=O)N2CCN(CCO)CC2)cn1.Cl. The number of carbonyl (C=O) groups excluding carboxylic acids is 1. The van der Waals surface area contributed by atoms with Gasteiger partial charge in [0, 0.05) is 55.0 Å². The summed E-state index contributed by atoms with van der Waals surface area (Å²) in [7, 11) is 0. The molecule has 0 radical (unpaired) electrons. The summed E-state index contributed by atoms with van der Waals surface area (Å²) in [5, 5.41) is 10.6. The van der Waals surface area contributed by atoms with E-state index in [1.54, 1.807) is 17.2 Å². The van der Waals surface area contributed by atoms with E-state index in [0.717, 1.165) is 11.1 Å². The molecule has 2 aliphatic rings. The van der Waals surface area contributed by atoms with Gasteiger partial charge in [-0.15, -0.1) is 12.4 Å². The number of hydrogen-bond acceptors (Lipinski definition) is 7. The monoisotopic (exact) mass is 647 g/mol. The Labute approximate surface area is 268 Å². The Morgan fingerprint density at radius 1 is 0.930 bits per heavy atom. The van der Waals surface area contributed by atoms with Crippen molar-refractivity contribution in [1.82, 2.24) is 19.7 Å². The number of carbonyl (C=O) groups is 1. The van der Waals surface area contributed by atoms with E-state index < -0.39 is 12.1 Å². The van der Waals surface area contributed by atoms with Crippen molar-refractivity contribution in [2.24, 2.45) is 4.99 Å². The van der Waals surface area contributed by atoms with E-state index in [0.29, 0.717) is 79.0 Å². The number of aromatic nitrogens is 1. The minimum absolute atomic E-state index is 0. The highest BCUT2D eigenvalue weighted by Crippen LogP contribution is 2.45. The highest BCUT2D eigenvalue weighted by atomic mass is 35.5. The lowest BCUT2D eigenvalue weighted by Crippen LogP contribution is -2.54. The second-order valence-corrected chi connectivity index (χ2v) is 10.9. The van der Waals surface area contributed by atoms with Crippen LogP contribution < -0.4 is 9.47 Å². The smallest absolute Gasteiger partial charge is 0.326 e. The fourth-order valence-corrected chi connectivity index (χ4v) is 5.65. The third-order valence-corrected chi connectivity index (χ3v) is 7.93. The lowest BCUT2D eigenvalue weighted by atomic mass is 9.93. The summed E-state index contributed by atoms with van der Waals surface area (Å²) in [5.74, 6) is 1.44. The third kappa shape index (κ3) is 7.36. The number of benzene rings is 2. The Bertz CT molecular complexity index is 1400. The number of halogens is 3. The van der Waals surface area contributed by atoms with Crippen LogP contribution in [0.1, 0.15) is 42.6 Å². The van der Waals surface area contributed by atoms with Crippen LogP contribution in [0, 0.1) is 0 Å². The summed E-state index contributed by atoms with van der Waals surface area (Å²) in [4.78, 5) is 30.0. The molecule has 2 amide bonds. The molecule has 1 aromatic heterocycles. The molecular weight excluding hydrogens is 613 g/mol. The van der Waals surface area contributed by atoms with Gasteiger partial charge in [0.1, 0.15) is 17.6 Å². The second-order valence-electron chi connectivity index (χ2n) is 10.0. The van der Waals surface area contributed by atoms with Crippen LogP contribution in [-0.2, 0) is 0 Å². The first-order valence-corrected chi connectivity index (χ1v) is 14.9. The minimum Gasteiger partial charge on any atom is -0.493 e. The van der Waals surface area contributed by atoms with E-state index in [4.69, 9.17) is 37.7 Å². The molecule has 5 rings (SSSR count). The summed E-state index contributed by atoms with van der Waals surface area (Å²) in [6, 6.07) is 15.8. The first-order valence-electron chi connectivity index (χ1n) is 14.2. The van der Waals surface area contributed by atoms with E-state index in [9.17, 15) is 9.90 Å². The molecule has 3 aromatic rings. The van der Waals surface area contributed by atoms with Gasteiger partial charge in [0.05, 0.1) is 31.4 Å². The maximum Gasteiger partial charge on any atom is 0.326 e. The molecule has 2 aliphatic heterocycles. The number of β-amino-alcohol motifs (C(OH)–C–C–N with tert-alkyl or cyclic N) is 1. The number of rotatable bonds is 9. The molecule has 2 atom stereocenters. The number of pyridine rings is 1. The zero-order chi connectivity index (χ0) is 29.6. The zero-order valence-electron chi connectivity index (χ0n) is 24.2. The molecule has 1 saturated heterocycles. The first kappa shape index (κ1) is 32.8. The molecule has 1 fully saturated rings. The van der Waals surface area contributed by atoms with E-state index in [2.05, 4.69) is 9.88 Å². The normalized spacial score (nSPS) is 18.7. The number of aliphatic imine (C=N–C) groups is 1. The van der Waals surface area contributed by atoms with Crippen LogP contribution in [0.4, 0.5) is 4.79 Å². The van der Waals surface area contributed by atoms with Crippen LogP contribution in [0.3, 0.4) is 0 Å². The van der Waals surface area contributed by atoms with Gasteiger partial charge < -0.3 is 19.5 Å². The van der Waals surface area contributed by atoms with Crippen molar-refractivity contribution in [1.29, 1.82) is 0 Å². The molecule has 0 unspecified atom stereocenters. The Balaban J connectivity index is 0.00000423. The number of nitrogens with zero attached hydrogens (tertiary/aromatic N) is 5. The van der Waals surface area contributed by atoms with Gasteiger partial charge in [-0.2, -0.15) is 0 Å². The molecule has 12 heteroatoms. The molecule has 43 heavy (non-hydrogen) atoms. The largest absolute Gasteiger partial charge is 0.493 e. The lowest BCUT2D eigenvalue weighted by Gasteiger charge is -2.39. The van der Waals surface area contributed by atoms with Crippen molar-refractivity contribution in [3.63, 3.8) is 0 Å². The van der Waals surface area contributed by atoms with Crippen molar-refractivity contribution in [3.05, 3.63) is 87.5 Å². The summed E-state index contributed by atoms with van der Waals surface area (Å²) >= 11 is 12.5. The van der Waals surface area contributed by atoms with Gasteiger partial charge in [0.15, 0.2) is 0 Å². The molecule has 0 saturated carbocycles. The molecule has 230 valence electrons. The van der Waals surface area contributed by atoms with Crippen LogP contribution in [0.2, 0.25) is 10.0 Å². The van der Waals surface area contributed by atoms with Crippen molar-refractivity contribution in [3.8, 4) is 11.6 Å². The highest BCUT2D eigenvalue weighted by Gasteiger charge is 2.45. The number of aliphatic hydroxyl groups is 1. The predicted octanol–water partition coefficient (Wildman–Crippen LogP) is 5.88. The Morgan fingerprint density at radius 2 is 1.53 bits per heavy atom. The van der Waals surface area contributed by atoms with Crippen LogP contribution in [0.15, 0.2) is 65.8 Å². The standard InChI is InChI=1S/C31H35Cl2N5O4.ClH/c1-3-41-26-19-27(42-4-2)34-20-25(26)30-35-28(21-5-9-23(32)10-6-21)29(22-7-11-24(33)12-8-22)38(30)31(40)37-15-13-36(14-16-37)17-18-39;/h5-12,19-20,28-29,39H,3-4,13-18H2,1-2H3;1H/t28-,29+;/m1./s1. The number of aliphatic hydroxyl groups excluding tert-OH is 1. The number of urea groups is 1. The average Bonchev–Trinajstić information content (AvgIpc) is 3.39. The molecule has 0 spiro atoms. The van der Waals surface area contributed by atoms with Crippen molar-refractivity contribution < 1.29 is 19.4 Å². The molecule has 0 bridgehead atoms. The minimum atomic E-state index is -0.470. The average molecular weight is 649 g/mol.